The van der Waals surface area contributed by atoms with Crippen LogP contribution in [-0.4, -0.2) is 34.9 Å². The number of halogens is 1. The zero-order valence-corrected chi connectivity index (χ0v) is 11.5. The molecule has 0 aliphatic carbocycles. The molecule has 0 saturated carbocycles. The van der Waals surface area contributed by atoms with Gasteiger partial charge in [0.05, 0.1) is 11.0 Å². The first-order valence-corrected chi connectivity index (χ1v) is 7.17. The van der Waals surface area contributed by atoms with E-state index in [-0.39, 0.29) is 23.3 Å². The Morgan fingerprint density at radius 1 is 1.58 bits per heavy atom. The molecule has 1 unspecified atom stereocenters. The average molecular weight is 302 g/mol. The monoisotopic (exact) mass is 301 g/mol. The van der Waals surface area contributed by atoms with Crippen LogP contribution in [0.1, 0.15) is 0 Å². The van der Waals surface area contributed by atoms with Gasteiger partial charge >= 0.3 is 0 Å². The van der Waals surface area contributed by atoms with Crippen LogP contribution in [0.15, 0.2) is 18.2 Å². The van der Waals surface area contributed by atoms with Gasteiger partial charge in [-0.2, -0.15) is 11.8 Å². The van der Waals surface area contributed by atoms with E-state index in [2.05, 4.69) is 10.6 Å². The number of hydrogen-bond acceptors (Lipinski definition) is 5. The Morgan fingerprint density at radius 3 is 3.00 bits per heavy atom. The molecule has 1 atom stereocenters. The largest absolute Gasteiger partial charge is 0.319 e. The first kappa shape index (κ1) is 14.1. The van der Waals surface area contributed by atoms with Gasteiger partial charge < -0.3 is 10.6 Å². The summed E-state index contributed by atoms with van der Waals surface area (Å²) in [6.45, 7) is 0.750. The SMILES string of the molecule is O=C(Nc1cc(Cl)ccc1[N+](=O)[O-])C1CSCCN1. The maximum absolute atomic E-state index is 12.0. The summed E-state index contributed by atoms with van der Waals surface area (Å²) in [6, 6.07) is 3.75. The highest BCUT2D eigenvalue weighted by Crippen LogP contribution is 2.27. The number of nitrogens with one attached hydrogen (secondary N) is 2. The Labute approximate surface area is 119 Å². The molecule has 2 rings (SSSR count). The summed E-state index contributed by atoms with van der Waals surface area (Å²) in [6.07, 6.45) is 0. The molecule has 1 amide bonds. The number of hydrogen-bond donors (Lipinski definition) is 2. The molecule has 0 radical (unpaired) electrons. The highest BCUT2D eigenvalue weighted by molar-refractivity contribution is 7.99. The molecule has 0 spiro atoms. The van der Waals surface area contributed by atoms with Crippen LogP contribution >= 0.6 is 23.4 Å². The molecule has 102 valence electrons. The average Bonchev–Trinajstić information content (AvgIpc) is 2.39. The van der Waals surface area contributed by atoms with E-state index < -0.39 is 4.92 Å². The van der Waals surface area contributed by atoms with E-state index in [0.29, 0.717) is 10.8 Å². The number of nitrogens with zero attached hydrogens (tertiary/aromatic N) is 1. The predicted molar refractivity (Wildman–Crippen MR) is 75.9 cm³/mol. The van der Waals surface area contributed by atoms with Gasteiger partial charge in [-0.15, -0.1) is 0 Å². The Morgan fingerprint density at radius 2 is 2.37 bits per heavy atom. The Bertz CT molecular complexity index is 506. The van der Waals surface area contributed by atoms with Crippen molar-refractivity contribution in [2.45, 2.75) is 6.04 Å². The maximum Gasteiger partial charge on any atom is 0.292 e. The van der Waals surface area contributed by atoms with Crippen LogP contribution in [-0.2, 0) is 4.79 Å². The number of nitro groups is 1. The van der Waals surface area contributed by atoms with Crippen molar-refractivity contribution >= 4 is 40.6 Å². The van der Waals surface area contributed by atoms with Crippen molar-refractivity contribution in [1.29, 1.82) is 0 Å². The predicted octanol–water partition coefficient (Wildman–Crippen LogP) is 1.89. The number of benzene rings is 1. The van der Waals surface area contributed by atoms with Gasteiger partial charge in [-0.3, -0.25) is 14.9 Å². The van der Waals surface area contributed by atoms with Crippen molar-refractivity contribution in [2.24, 2.45) is 0 Å². The minimum Gasteiger partial charge on any atom is -0.319 e. The smallest absolute Gasteiger partial charge is 0.292 e. The van der Waals surface area contributed by atoms with Crippen molar-refractivity contribution < 1.29 is 9.72 Å². The fourth-order valence-electron chi connectivity index (χ4n) is 1.72. The van der Waals surface area contributed by atoms with E-state index in [1.165, 1.54) is 18.2 Å². The lowest BCUT2D eigenvalue weighted by molar-refractivity contribution is -0.383. The summed E-state index contributed by atoms with van der Waals surface area (Å²) in [5.74, 6) is 1.33. The van der Waals surface area contributed by atoms with Crippen molar-refractivity contribution in [3.05, 3.63) is 33.3 Å². The molecule has 0 aromatic heterocycles. The fraction of sp³-hybridized carbons (Fsp3) is 0.364. The standard InChI is InChI=1S/C11H12ClN3O3S/c12-7-1-2-10(15(17)18)8(5-7)14-11(16)9-6-19-4-3-13-9/h1-2,5,9,13H,3-4,6H2,(H,14,16). The summed E-state index contributed by atoms with van der Waals surface area (Å²) < 4.78 is 0. The maximum atomic E-state index is 12.0. The topological polar surface area (TPSA) is 84.3 Å². The molecule has 1 heterocycles. The molecule has 1 aromatic rings. The van der Waals surface area contributed by atoms with Crippen molar-refractivity contribution in [3.8, 4) is 0 Å². The molecule has 1 aliphatic heterocycles. The lowest BCUT2D eigenvalue weighted by Crippen LogP contribution is -2.46. The number of amides is 1. The van der Waals surface area contributed by atoms with E-state index in [0.717, 1.165) is 12.3 Å². The lowest BCUT2D eigenvalue weighted by Gasteiger charge is -2.22. The van der Waals surface area contributed by atoms with E-state index in [1.54, 1.807) is 11.8 Å². The van der Waals surface area contributed by atoms with Crippen molar-refractivity contribution in [1.82, 2.24) is 5.32 Å². The molecule has 1 fully saturated rings. The van der Waals surface area contributed by atoms with Gasteiger partial charge in [0.1, 0.15) is 5.69 Å². The summed E-state index contributed by atoms with van der Waals surface area (Å²) in [5, 5.41) is 16.9. The molecule has 0 bridgehead atoms. The minimum atomic E-state index is -0.547. The minimum absolute atomic E-state index is 0.125. The number of carbonyl (C=O) groups excluding carboxylic acids is 1. The third-order valence-electron chi connectivity index (χ3n) is 2.65. The Kier molecular flexibility index (Phi) is 4.62. The lowest BCUT2D eigenvalue weighted by atomic mass is 10.2. The van der Waals surface area contributed by atoms with Crippen LogP contribution in [0.5, 0.6) is 0 Å². The van der Waals surface area contributed by atoms with Crippen LogP contribution in [0.2, 0.25) is 5.02 Å². The van der Waals surface area contributed by atoms with Crippen LogP contribution in [0.25, 0.3) is 0 Å². The number of carbonyl (C=O) groups is 1. The summed E-state index contributed by atoms with van der Waals surface area (Å²) in [7, 11) is 0. The number of anilines is 1. The Hall–Kier alpha value is -1.31. The van der Waals surface area contributed by atoms with E-state index in [4.69, 9.17) is 11.6 Å². The zero-order valence-electron chi connectivity index (χ0n) is 9.89. The molecular formula is C11H12ClN3O3S. The van der Waals surface area contributed by atoms with Crippen LogP contribution in [0.3, 0.4) is 0 Å². The van der Waals surface area contributed by atoms with Crippen LogP contribution in [0.4, 0.5) is 11.4 Å². The van der Waals surface area contributed by atoms with Gasteiger partial charge in [0.2, 0.25) is 5.91 Å². The van der Waals surface area contributed by atoms with Crippen LogP contribution in [0, 0.1) is 10.1 Å². The van der Waals surface area contributed by atoms with Gasteiger partial charge in [0, 0.05) is 29.1 Å². The number of thioether (sulfide) groups is 1. The summed E-state index contributed by atoms with van der Waals surface area (Å²) in [5.41, 5.74) is -0.0407. The molecule has 8 heteroatoms. The van der Waals surface area contributed by atoms with Crippen LogP contribution < -0.4 is 10.6 Å². The molecule has 2 N–H and O–H groups in total. The van der Waals surface area contributed by atoms with E-state index in [9.17, 15) is 14.9 Å². The first-order valence-electron chi connectivity index (χ1n) is 5.64. The Balaban J connectivity index is 2.15. The molecule has 19 heavy (non-hydrogen) atoms. The van der Waals surface area contributed by atoms with E-state index in [1.807, 2.05) is 0 Å². The highest BCUT2D eigenvalue weighted by Gasteiger charge is 2.23. The third-order valence-corrected chi connectivity index (χ3v) is 3.95. The second kappa shape index (κ2) is 6.23. The number of rotatable bonds is 3. The molecule has 1 saturated heterocycles. The second-order valence-electron chi connectivity index (χ2n) is 3.99. The molecule has 6 nitrogen and oxygen atoms in total. The fourth-order valence-corrected chi connectivity index (χ4v) is 2.83. The highest BCUT2D eigenvalue weighted by atomic mass is 35.5. The van der Waals surface area contributed by atoms with Gasteiger partial charge in [0.15, 0.2) is 0 Å². The van der Waals surface area contributed by atoms with E-state index >= 15 is 0 Å². The van der Waals surface area contributed by atoms with Gasteiger partial charge in [-0.25, -0.2) is 0 Å². The molecule has 1 aromatic carbocycles. The van der Waals surface area contributed by atoms with Crippen molar-refractivity contribution in [2.75, 3.05) is 23.4 Å². The first-order chi connectivity index (χ1) is 9.08. The zero-order chi connectivity index (χ0) is 13.8. The quantitative estimate of drug-likeness (QED) is 0.658. The molecule has 1 aliphatic rings. The second-order valence-corrected chi connectivity index (χ2v) is 5.58. The van der Waals surface area contributed by atoms with Gasteiger partial charge in [-0.1, -0.05) is 11.6 Å². The van der Waals surface area contributed by atoms with Gasteiger partial charge in [-0.05, 0) is 12.1 Å². The third kappa shape index (κ3) is 3.59. The van der Waals surface area contributed by atoms with Gasteiger partial charge in [0.25, 0.3) is 5.69 Å². The summed E-state index contributed by atoms with van der Waals surface area (Å²) in [4.78, 5) is 22.3. The summed E-state index contributed by atoms with van der Waals surface area (Å²) >= 11 is 7.47. The normalized spacial score (nSPS) is 18.9. The molecular weight excluding hydrogens is 290 g/mol. The number of nitro benzene ring substituents is 1. The van der Waals surface area contributed by atoms with Crippen molar-refractivity contribution in [3.63, 3.8) is 0 Å².